The lowest BCUT2D eigenvalue weighted by Crippen LogP contribution is -2.35. The molecule has 0 bridgehead atoms. The highest BCUT2D eigenvalue weighted by Crippen LogP contribution is 2.22. The van der Waals surface area contributed by atoms with Crippen molar-refractivity contribution in [1.82, 2.24) is 0 Å². The highest BCUT2D eigenvalue weighted by atomic mass is 16.4. The van der Waals surface area contributed by atoms with Crippen molar-refractivity contribution in [1.29, 1.82) is 0 Å². The first-order valence-corrected chi connectivity index (χ1v) is 7.33. The van der Waals surface area contributed by atoms with Crippen molar-refractivity contribution in [2.24, 2.45) is 10.9 Å². The second-order valence-corrected chi connectivity index (χ2v) is 5.22. The zero-order chi connectivity index (χ0) is 14.4. The van der Waals surface area contributed by atoms with E-state index in [0.717, 1.165) is 25.2 Å². The topological polar surface area (TPSA) is 73.9 Å². The first-order valence-electron chi connectivity index (χ1n) is 7.33. The molecular weight excluding hydrogens is 252 g/mol. The van der Waals surface area contributed by atoms with Crippen molar-refractivity contribution < 1.29 is 5.21 Å². The molecule has 0 radical (unpaired) electrons. The summed E-state index contributed by atoms with van der Waals surface area (Å²) >= 11 is 0. The predicted octanol–water partition coefficient (Wildman–Crippen LogP) is 2.61. The van der Waals surface area contributed by atoms with E-state index in [0.29, 0.717) is 0 Å². The Labute approximate surface area is 120 Å². The van der Waals surface area contributed by atoms with Crippen LogP contribution in [0.5, 0.6) is 0 Å². The number of amidine groups is 1. The van der Waals surface area contributed by atoms with Crippen molar-refractivity contribution in [3.05, 3.63) is 24.3 Å². The number of hydrogen-bond acceptors (Lipinski definition) is 4. The molecule has 1 aromatic rings. The molecule has 1 fully saturated rings. The smallest absolute Gasteiger partial charge is 0.161 e. The fourth-order valence-corrected chi connectivity index (χ4v) is 2.58. The number of anilines is 2. The predicted molar refractivity (Wildman–Crippen MR) is 83.6 cm³/mol. The monoisotopic (exact) mass is 276 g/mol. The standard InChI is InChI=1S/C15H24N4O/c1-2-14(15(16)18-20)17-12-6-8-13(9-7-12)19-10-4-3-5-11-19/h6-9,14,17,20H,2-5,10-11H2,1H3,(H2,16,18). The molecule has 1 aliphatic rings. The van der Waals surface area contributed by atoms with Gasteiger partial charge in [0.25, 0.3) is 0 Å². The molecule has 0 amide bonds. The van der Waals surface area contributed by atoms with Gasteiger partial charge < -0.3 is 21.2 Å². The zero-order valence-corrected chi connectivity index (χ0v) is 12.0. The first-order chi connectivity index (χ1) is 9.74. The van der Waals surface area contributed by atoms with E-state index < -0.39 is 0 Å². The molecule has 0 saturated carbocycles. The van der Waals surface area contributed by atoms with Gasteiger partial charge in [-0.3, -0.25) is 0 Å². The van der Waals surface area contributed by atoms with Crippen LogP contribution in [-0.2, 0) is 0 Å². The van der Waals surface area contributed by atoms with E-state index in [9.17, 15) is 0 Å². The Balaban J connectivity index is 2.00. The maximum atomic E-state index is 8.74. The molecule has 1 aromatic carbocycles. The average Bonchev–Trinajstić information content (AvgIpc) is 2.53. The van der Waals surface area contributed by atoms with E-state index in [4.69, 9.17) is 10.9 Å². The van der Waals surface area contributed by atoms with Gasteiger partial charge in [-0.15, -0.1) is 0 Å². The van der Waals surface area contributed by atoms with Crippen LogP contribution in [0.3, 0.4) is 0 Å². The van der Waals surface area contributed by atoms with Crippen molar-refractivity contribution >= 4 is 17.2 Å². The molecule has 1 atom stereocenters. The number of rotatable bonds is 5. The van der Waals surface area contributed by atoms with Gasteiger partial charge in [0.1, 0.15) is 0 Å². The summed E-state index contributed by atoms with van der Waals surface area (Å²) in [6.07, 6.45) is 4.67. The van der Waals surface area contributed by atoms with Crippen LogP contribution in [-0.4, -0.2) is 30.2 Å². The molecule has 1 heterocycles. The molecule has 110 valence electrons. The summed E-state index contributed by atoms with van der Waals surface area (Å²) in [6.45, 7) is 4.29. The fourth-order valence-electron chi connectivity index (χ4n) is 2.58. The minimum absolute atomic E-state index is 0.138. The SMILES string of the molecule is CCC(Nc1ccc(N2CCCCC2)cc1)C(N)=NO. The Morgan fingerprint density at radius 3 is 2.50 bits per heavy atom. The second-order valence-electron chi connectivity index (χ2n) is 5.22. The summed E-state index contributed by atoms with van der Waals surface area (Å²) in [5.41, 5.74) is 7.91. The van der Waals surface area contributed by atoms with Gasteiger partial charge in [-0.05, 0) is 49.9 Å². The number of nitrogens with two attached hydrogens (primary N) is 1. The minimum Gasteiger partial charge on any atom is -0.409 e. The van der Waals surface area contributed by atoms with Gasteiger partial charge in [-0.2, -0.15) is 0 Å². The first kappa shape index (κ1) is 14.5. The number of oxime groups is 1. The Kier molecular flexibility index (Phi) is 5.09. The number of hydrogen-bond donors (Lipinski definition) is 3. The summed E-state index contributed by atoms with van der Waals surface area (Å²) in [5.74, 6) is 0.215. The third-order valence-corrected chi connectivity index (χ3v) is 3.81. The van der Waals surface area contributed by atoms with Crippen LogP contribution >= 0.6 is 0 Å². The molecule has 0 aromatic heterocycles. The van der Waals surface area contributed by atoms with E-state index in [2.05, 4.69) is 39.6 Å². The van der Waals surface area contributed by atoms with Gasteiger partial charge in [0.15, 0.2) is 5.84 Å². The van der Waals surface area contributed by atoms with E-state index in [1.807, 2.05) is 6.92 Å². The van der Waals surface area contributed by atoms with Gasteiger partial charge in [0.2, 0.25) is 0 Å². The number of piperidine rings is 1. The van der Waals surface area contributed by atoms with Crippen LogP contribution in [0, 0.1) is 0 Å². The zero-order valence-electron chi connectivity index (χ0n) is 12.0. The summed E-state index contributed by atoms with van der Waals surface area (Å²) < 4.78 is 0. The lowest BCUT2D eigenvalue weighted by atomic mass is 10.1. The molecule has 4 N–H and O–H groups in total. The molecule has 5 heteroatoms. The van der Waals surface area contributed by atoms with Crippen LogP contribution in [0.15, 0.2) is 29.4 Å². The molecule has 20 heavy (non-hydrogen) atoms. The fraction of sp³-hybridized carbons (Fsp3) is 0.533. The lowest BCUT2D eigenvalue weighted by molar-refractivity contribution is 0.316. The molecule has 5 nitrogen and oxygen atoms in total. The molecule has 0 spiro atoms. The van der Waals surface area contributed by atoms with Gasteiger partial charge in [0.05, 0.1) is 6.04 Å². The second kappa shape index (κ2) is 7.03. The highest BCUT2D eigenvalue weighted by Gasteiger charge is 2.13. The number of nitrogens with one attached hydrogen (secondary N) is 1. The van der Waals surface area contributed by atoms with Crippen molar-refractivity contribution in [2.75, 3.05) is 23.3 Å². The maximum Gasteiger partial charge on any atom is 0.161 e. The molecule has 1 unspecified atom stereocenters. The largest absolute Gasteiger partial charge is 0.409 e. The van der Waals surface area contributed by atoms with Crippen LogP contribution in [0.4, 0.5) is 11.4 Å². The number of benzene rings is 1. The Morgan fingerprint density at radius 2 is 1.95 bits per heavy atom. The van der Waals surface area contributed by atoms with E-state index in [-0.39, 0.29) is 11.9 Å². The van der Waals surface area contributed by atoms with Crippen molar-refractivity contribution in [3.8, 4) is 0 Å². The van der Waals surface area contributed by atoms with Crippen LogP contribution in [0.1, 0.15) is 32.6 Å². The molecule has 2 rings (SSSR count). The highest BCUT2D eigenvalue weighted by molar-refractivity contribution is 5.87. The van der Waals surface area contributed by atoms with E-state index in [1.54, 1.807) is 0 Å². The summed E-state index contributed by atoms with van der Waals surface area (Å²) in [5, 5.41) is 15.1. The Morgan fingerprint density at radius 1 is 1.30 bits per heavy atom. The summed E-state index contributed by atoms with van der Waals surface area (Å²) in [4.78, 5) is 2.42. The Hall–Kier alpha value is -1.91. The van der Waals surface area contributed by atoms with E-state index >= 15 is 0 Å². The lowest BCUT2D eigenvalue weighted by Gasteiger charge is -2.29. The van der Waals surface area contributed by atoms with Crippen molar-refractivity contribution in [2.45, 2.75) is 38.6 Å². The average molecular weight is 276 g/mol. The Bertz CT molecular complexity index is 438. The van der Waals surface area contributed by atoms with E-state index in [1.165, 1.54) is 24.9 Å². The quantitative estimate of drug-likeness (QED) is 0.334. The van der Waals surface area contributed by atoms with Gasteiger partial charge in [-0.25, -0.2) is 0 Å². The summed E-state index contributed by atoms with van der Waals surface area (Å²) in [7, 11) is 0. The van der Waals surface area contributed by atoms with Gasteiger partial charge in [0, 0.05) is 24.5 Å². The van der Waals surface area contributed by atoms with Gasteiger partial charge in [-0.1, -0.05) is 12.1 Å². The molecular formula is C15H24N4O. The maximum absolute atomic E-state index is 8.74. The van der Waals surface area contributed by atoms with Crippen molar-refractivity contribution in [3.63, 3.8) is 0 Å². The molecule has 1 saturated heterocycles. The van der Waals surface area contributed by atoms with Crippen LogP contribution < -0.4 is 16.0 Å². The molecule has 1 aliphatic heterocycles. The minimum atomic E-state index is -0.138. The number of nitrogens with zero attached hydrogens (tertiary/aromatic N) is 2. The third-order valence-electron chi connectivity index (χ3n) is 3.81. The summed E-state index contributed by atoms with van der Waals surface area (Å²) in [6, 6.07) is 8.23. The van der Waals surface area contributed by atoms with Crippen LogP contribution in [0.25, 0.3) is 0 Å². The van der Waals surface area contributed by atoms with Gasteiger partial charge >= 0.3 is 0 Å². The van der Waals surface area contributed by atoms with Crippen LogP contribution in [0.2, 0.25) is 0 Å². The normalized spacial score (nSPS) is 17.9. The molecule has 0 aliphatic carbocycles. The third kappa shape index (κ3) is 3.56.